The molecule has 1 saturated carbocycles. The van der Waals surface area contributed by atoms with Gasteiger partial charge < -0.3 is 9.67 Å². The third-order valence-corrected chi connectivity index (χ3v) is 2.98. The van der Waals surface area contributed by atoms with Crippen molar-refractivity contribution in [2.24, 2.45) is 0 Å². The van der Waals surface area contributed by atoms with Crippen LogP contribution in [0.5, 0.6) is 5.75 Å². The summed E-state index contributed by atoms with van der Waals surface area (Å²) in [7, 11) is 0. The normalized spacial score (nSPS) is 15.2. The zero-order valence-corrected chi connectivity index (χ0v) is 9.00. The van der Waals surface area contributed by atoms with E-state index in [1.165, 1.54) is 24.2 Å². The summed E-state index contributed by atoms with van der Waals surface area (Å²) in [5, 5.41) is 9.22. The van der Waals surface area contributed by atoms with Gasteiger partial charge in [-0.1, -0.05) is 12.1 Å². The maximum atomic E-state index is 9.22. The molecule has 0 spiro atoms. The van der Waals surface area contributed by atoms with Crippen molar-refractivity contribution in [2.75, 3.05) is 0 Å². The minimum Gasteiger partial charge on any atom is -0.508 e. The summed E-state index contributed by atoms with van der Waals surface area (Å²) in [4.78, 5) is 4.41. The van der Waals surface area contributed by atoms with E-state index in [9.17, 15) is 5.11 Å². The van der Waals surface area contributed by atoms with Gasteiger partial charge in [-0.2, -0.15) is 0 Å². The SMILES string of the molecule is Oc1ccc(Cn2ccnc2C2CC2)cc1. The van der Waals surface area contributed by atoms with Crippen LogP contribution in [0.3, 0.4) is 0 Å². The van der Waals surface area contributed by atoms with Crippen LogP contribution in [0.4, 0.5) is 0 Å². The Morgan fingerprint density at radius 2 is 2.00 bits per heavy atom. The number of nitrogens with zero attached hydrogens (tertiary/aromatic N) is 2. The number of aromatic hydroxyl groups is 1. The fourth-order valence-electron chi connectivity index (χ4n) is 1.95. The van der Waals surface area contributed by atoms with Gasteiger partial charge in [0.15, 0.2) is 0 Å². The Balaban J connectivity index is 1.82. The third-order valence-electron chi connectivity index (χ3n) is 2.98. The number of hydrogen-bond donors (Lipinski definition) is 1. The minimum absolute atomic E-state index is 0.316. The van der Waals surface area contributed by atoms with Gasteiger partial charge in [0.25, 0.3) is 0 Å². The van der Waals surface area contributed by atoms with Crippen molar-refractivity contribution >= 4 is 0 Å². The van der Waals surface area contributed by atoms with E-state index < -0.39 is 0 Å². The fraction of sp³-hybridized carbons (Fsp3) is 0.308. The smallest absolute Gasteiger partial charge is 0.115 e. The molecule has 1 N–H and O–H groups in total. The molecule has 1 aromatic carbocycles. The standard InChI is InChI=1S/C13H14N2O/c16-12-5-1-10(2-6-12)9-15-8-7-14-13(15)11-3-4-11/h1-2,5-8,11,16H,3-4,9H2. The Morgan fingerprint density at radius 1 is 1.25 bits per heavy atom. The molecule has 1 heterocycles. The lowest BCUT2D eigenvalue weighted by Crippen LogP contribution is -2.02. The summed E-state index contributed by atoms with van der Waals surface area (Å²) in [6, 6.07) is 7.35. The van der Waals surface area contributed by atoms with Crippen LogP contribution in [0.15, 0.2) is 36.7 Å². The first-order chi connectivity index (χ1) is 7.83. The van der Waals surface area contributed by atoms with Crippen LogP contribution in [0.25, 0.3) is 0 Å². The Labute approximate surface area is 94.4 Å². The number of imidazole rings is 1. The predicted molar refractivity (Wildman–Crippen MR) is 61.4 cm³/mol. The number of phenols is 1. The molecule has 0 radical (unpaired) electrons. The van der Waals surface area contributed by atoms with Crippen molar-refractivity contribution in [3.63, 3.8) is 0 Å². The van der Waals surface area contributed by atoms with E-state index in [2.05, 4.69) is 9.55 Å². The molecule has 3 nitrogen and oxygen atoms in total. The average Bonchev–Trinajstić information content (AvgIpc) is 3.03. The second kappa shape index (κ2) is 3.67. The lowest BCUT2D eigenvalue weighted by Gasteiger charge is -2.07. The van der Waals surface area contributed by atoms with Crippen LogP contribution >= 0.6 is 0 Å². The molecular formula is C13H14N2O. The molecule has 16 heavy (non-hydrogen) atoms. The highest BCUT2D eigenvalue weighted by molar-refractivity contribution is 5.26. The molecule has 3 rings (SSSR count). The molecule has 82 valence electrons. The maximum Gasteiger partial charge on any atom is 0.115 e. The second-order valence-corrected chi connectivity index (χ2v) is 4.35. The van der Waals surface area contributed by atoms with Crippen LogP contribution in [0.1, 0.15) is 30.1 Å². The summed E-state index contributed by atoms with van der Waals surface area (Å²) < 4.78 is 2.20. The highest BCUT2D eigenvalue weighted by atomic mass is 16.3. The predicted octanol–water partition coefficient (Wildman–Crippen LogP) is 2.51. The van der Waals surface area contributed by atoms with Crippen molar-refractivity contribution in [3.8, 4) is 5.75 Å². The average molecular weight is 214 g/mol. The van der Waals surface area contributed by atoms with Gasteiger partial charge in [-0.15, -0.1) is 0 Å². The third kappa shape index (κ3) is 1.81. The Morgan fingerprint density at radius 3 is 2.69 bits per heavy atom. The van der Waals surface area contributed by atoms with Crippen LogP contribution in [-0.4, -0.2) is 14.7 Å². The first-order valence-electron chi connectivity index (χ1n) is 5.62. The van der Waals surface area contributed by atoms with Crippen LogP contribution in [0, 0.1) is 0 Å². The molecule has 2 aromatic rings. The molecule has 0 amide bonds. The summed E-state index contributed by atoms with van der Waals surface area (Å²) >= 11 is 0. The Kier molecular flexibility index (Phi) is 2.17. The first kappa shape index (κ1) is 9.46. The highest BCUT2D eigenvalue weighted by Gasteiger charge is 2.27. The van der Waals surface area contributed by atoms with E-state index in [1.54, 1.807) is 12.1 Å². The van der Waals surface area contributed by atoms with Crippen LogP contribution in [0.2, 0.25) is 0 Å². The van der Waals surface area contributed by atoms with Gasteiger partial charge in [0.2, 0.25) is 0 Å². The number of benzene rings is 1. The Bertz CT molecular complexity index is 483. The largest absolute Gasteiger partial charge is 0.508 e. The molecule has 1 aromatic heterocycles. The van der Waals surface area contributed by atoms with E-state index >= 15 is 0 Å². The van der Waals surface area contributed by atoms with Crippen molar-refractivity contribution in [1.82, 2.24) is 9.55 Å². The summed E-state index contributed by atoms with van der Waals surface area (Å²) in [5.41, 5.74) is 1.19. The van der Waals surface area contributed by atoms with Crippen molar-refractivity contribution in [2.45, 2.75) is 25.3 Å². The highest BCUT2D eigenvalue weighted by Crippen LogP contribution is 2.39. The van der Waals surface area contributed by atoms with Gasteiger partial charge in [0.05, 0.1) is 0 Å². The molecule has 0 unspecified atom stereocenters. The van der Waals surface area contributed by atoms with E-state index in [-0.39, 0.29) is 0 Å². The summed E-state index contributed by atoms with van der Waals surface area (Å²) in [6.45, 7) is 0.839. The van der Waals surface area contributed by atoms with Gasteiger partial charge in [-0.05, 0) is 30.5 Å². The lowest BCUT2D eigenvalue weighted by atomic mass is 10.2. The summed E-state index contributed by atoms with van der Waals surface area (Å²) in [5.74, 6) is 2.19. The monoisotopic (exact) mass is 214 g/mol. The van der Waals surface area contributed by atoms with E-state index in [0.29, 0.717) is 11.7 Å². The number of aromatic nitrogens is 2. The molecule has 0 aliphatic heterocycles. The van der Waals surface area contributed by atoms with Gasteiger partial charge >= 0.3 is 0 Å². The van der Waals surface area contributed by atoms with Gasteiger partial charge in [0, 0.05) is 24.9 Å². The molecular weight excluding hydrogens is 200 g/mol. The quantitative estimate of drug-likeness (QED) is 0.852. The fourth-order valence-corrected chi connectivity index (χ4v) is 1.95. The Hall–Kier alpha value is -1.77. The molecule has 1 aliphatic carbocycles. The zero-order chi connectivity index (χ0) is 11.0. The maximum absolute atomic E-state index is 9.22. The number of rotatable bonds is 3. The minimum atomic E-state index is 0.316. The topological polar surface area (TPSA) is 38.0 Å². The van der Waals surface area contributed by atoms with Gasteiger partial charge in [-0.3, -0.25) is 0 Å². The van der Waals surface area contributed by atoms with Gasteiger partial charge in [0.1, 0.15) is 11.6 Å². The van der Waals surface area contributed by atoms with Crippen molar-refractivity contribution < 1.29 is 5.11 Å². The van der Waals surface area contributed by atoms with Crippen molar-refractivity contribution in [1.29, 1.82) is 0 Å². The van der Waals surface area contributed by atoms with E-state index in [1.807, 2.05) is 24.5 Å². The first-order valence-corrected chi connectivity index (χ1v) is 5.62. The number of hydrogen-bond acceptors (Lipinski definition) is 2. The van der Waals surface area contributed by atoms with Crippen LogP contribution in [-0.2, 0) is 6.54 Å². The molecule has 1 aliphatic rings. The molecule has 0 atom stereocenters. The van der Waals surface area contributed by atoms with Gasteiger partial charge in [-0.25, -0.2) is 4.98 Å². The molecule has 0 saturated heterocycles. The van der Waals surface area contributed by atoms with Crippen LogP contribution < -0.4 is 0 Å². The zero-order valence-electron chi connectivity index (χ0n) is 9.00. The second-order valence-electron chi connectivity index (χ2n) is 4.35. The lowest BCUT2D eigenvalue weighted by molar-refractivity contribution is 0.475. The van der Waals surface area contributed by atoms with Crippen molar-refractivity contribution in [3.05, 3.63) is 48.0 Å². The van der Waals surface area contributed by atoms with E-state index in [4.69, 9.17) is 0 Å². The summed E-state index contributed by atoms with van der Waals surface area (Å²) in [6.07, 6.45) is 6.44. The molecule has 1 fully saturated rings. The molecule has 3 heteroatoms. The van der Waals surface area contributed by atoms with E-state index in [0.717, 1.165) is 6.54 Å². The molecule has 0 bridgehead atoms. The number of phenolic OH excluding ortho intramolecular Hbond substituents is 1.